The van der Waals surface area contributed by atoms with Gasteiger partial charge in [0.05, 0.1) is 23.7 Å². The van der Waals surface area contributed by atoms with E-state index in [0.717, 1.165) is 23.8 Å². The van der Waals surface area contributed by atoms with Gasteiger partial charge in [-0.05, 0) is 25.1 Å². The van der Waals surface area contributed by atoms with Gasteiger partial charge in [-0.15, -0.1) is 0 Å². The Hall–Kier alpha value is -1.38. The van der Waals surface area contributed by atoms with Crippen molar-refractivity contribution < 1.29 is 26.3 Å². The first-order valence-corrected chi connectivity index (χ1v) is 7.50. The van der Waals surface area contributed by atoms with Gasteiger partial charge in [0.25, 0.3) is 0 Å². The molecule has 0 bridgehead atoms. The predicted molar refractivity (Wildman–Crippen MR) is 72.3 cm³/mol. The summed E-state index contributed by atoms with van der Waals surface area (Å²) in [6.07, 6.45) is -4.59. The van der Waals surface area contributed by atoms with Gasteiger partial charge in [0, 0.05) is 6.54 Å². The van der Waals surface area contributed by atoms with Crippen molar-refractivity contribution in [3.05, 3.63) is 42.0 Å². The fourth-order valence-corrected chi connectivity index (χ4v) is 2.48. The molecule has 118 valence electrons. The van der Waals surface area contributed by atoms with Gasteiger partial charge in [-0.3, -0.25) is 0 Å². The van der Waals surface area contributed by atoms with Crippen molar-refractivity contribution in [3.8, 4) is 0 Å². The second-order valence-electron chi connectivity index (χ2n) is 4.43. The second kappa shape index (κ2) is 7.06. The Morgan fingerprint density at radius 1 is 1.38 bits per heavy atom. The Labute approximate surface area is 121 Å². The molecule has 1 N–H and O–H groups in total. The van der Waals surface area contributed by atoms with Gasteiger partial charge in [0.1, 0.15) is 0 Å². The van der Waals surface area contributed by atoms with Crippen molar-refractivity contribution >= 4 is 10.0 Å². The monoisotopic (exact) mass is 323 g/mol. The highest BCUT2D eigenvalue weighted by Gasteiger charge is 2.31. The van der Waals surface area contributed by atoms with E-state index in [-0.39, 0.29) is 13.2 Å². The summed E-state index contributed by atoms with van der Waals surface area (Å²) < 4.78 is 68.6. The van der Waals surface area contributed by atoms with Crippen molar-refractivity contribution in [1.29, 1.82) is 0 Å². The molecule has 0 spiro atoms. The average molecular weight is 323 g/mol. The highest BCUT2D eigenvalue weighted by atomic mass is 32.2. The van der Waals surface area contributed by atoms with E-state index in [1.54, 1.807) is 6.92 Å². The van der Waals surface area contributed by atoms with Crippen molar-refractivity contribution in [2.24, 2.45) is 0 Å². The Morgan fingerprint density at radius 2 is 2.05 bits per heavy atom. The predicted octanol–water partition coefficient (Wildman–Crippen LogP) is 2.58. The van der Waals surface area contributed by atoms with E-state index in [2.05, 4.69) is 11.3 Å². The number of rotatable bonds is 7. The van der Waals surface area contributed by atoms with E-state index in [1.807, 2.05) is 0 Å². The molecule has 0 aromatic heterocycles. The van der Waals surface area contributed by atoms with Crippen LogP contribution in [0, 0.1) is 0 Å². The second-order valence-corrected chi connectivity index (χ2v) is 6.20. The third-order valence-electron chi connectivity index (χ3n) is 2.36. The van der Waals surface area contributed by atoms with Gasteiger partial charge in [-0.1, -0.05) is 18.2 Å². The van der Waals surface area contributed by atoms with Crippen molar-refractivity contribution in [1.82, 2.24) is 4.72 Å². The van der Waals surface area contributed by atoms with Crippen molar-refractivity contribution in [3.63, 3.8) is 0 Å². The molecule has 1 rings (SSSR count). The zero-order valence-corrected chi connectivity index (χ0v) is 12.2. The van der Waals surface area contributed by atoms with E-state index in [4.69, 9.17) is 4.74 Å². The Morgan fingerprint density at radius 3 is 2.62 bits per heavy atom. The third-order valence-corrected chi connectivity index (χ3v) is 3.82. The maximum Gasteiger partial charge on any atom is 0.416 e. The van der Waals surface area contributed by atoms with Crippen molar-refractivity contribution in [2.45, 2.75) is 18.0 Å². The summed E-state index contributed by atoms with van der Waals surface area (Å²) >= 11 is 0. The lowest BCUT2D eigenvalue weighted by molar-refractivity contribution is -0.137. The first kappa shape index (κ1) is 17.7. The van der Waals surface area contributed by atoms with E-state index in [1.165, 1.54) is 0 Å². The van der Waals surface area contributed by atoms with Crippen LogP contribution in [0.1, 0.15) is 12.5 Å². The lowest BCUT2D eigenvalue weighted by atomic mass is 10.2. The number of halogens is 3. The van der Waals surface area contributed by atoms with Gasteiger partial charge in [-0.2, -0.15) is 13.2 Å². The minimum Gasteiger partial charge on any atom is -0.376 e. The molecule has 4 nitrogen and oxygen atoms in total. The smallest absolute Gasteiger partial charge is 0.376 e. The van der Waals surface area contributed by atoms with E-state index < -0.39 is 26.7 Å². The molecule has 0 atom stereocenters. The minimum absolute atomic E-state index is 0.0359. The lowest BCUT2D eigenvalue weighted by Gasteiger charge is -2.10. The van der Waals surface area contributed by atoms with Crippen molar-refractivity contribution in [2.75, 3.05) is 19.8 Å². The number of nitrogens with one attached hydrogen (secondary N) is 1. The normalized spacial score (nSPS) is 12.4. The van der Waals surface area contributed by atoms with Crippen LogP contribution in [0.2, 0.25) is 0 Å². The zero-order valence-electron chi connectivity index (χ0n) is 11.4. The molecule has 8 heteroatoms. The molecule has 0 saturated carbocycles. The highest BCUT2D eigenvalue weighted by molar-refractivity contribution is 7.89. The highest BCUT2D eigenvalue weighted by Crippen LogP contribution is 2.30. The van der Waals surface area contributed by atoms with E-state index in [0.29, 0.717) is 12.7 Å². The molecule has 0 amide bonds. The summed E-state index contributed by atoms with van der Waals surface area (Å²) in [7, 11) is -4.00. The molecule has 0 saturated heterocycles. The number of sulfonamides is 1. The van der Waals surface area contributed by atoms with Gasteiger partial charge in [-0.25, -0.2) is 13.1 Å². The molecule has 1 aromatic rings. The topological polar surface area (TPSA) is 55.4 Å². The maximum atomic E-state index is 12.5. The van der Waals surface area contributed by atoms with Crippen LogP contribution in [0.25, 0.3) is 0 Å². The van der Waals surface area contributed by atoms with Gasteiger partial charge >= 0.3 is 6.18 Å². The van der Waals surface area contributed by atoms with E-state index >= 15 is 0 Å². The average Bonchev–Trinajstić information content (AvgIpc) is 2.37. The van der Waals surface area contributed by atoms with Gasteiger partial charge in [0.15, 0.2) is 0 Å². The number of ether oxygens (including phenoxy) is 1. The fourth-order valence-electron chi connectivity index (χ4n) is 1.42. The summed E-state index contributed by atoms with van der Waals surface area (Å²) in [5.41, 5.74) is -0.223. The zero-order chi connectivity index (χ0) is 16.1. The summed E-state index contributed by atoms with van der Waals surface area (Å²) in [4.78, 5) is -0.433. The summed E-state index contributed by atoms with van der Waals surface area (Å²) in [6.45, 7) is 5.73. The van der Waals surface area contributed by atoms with Crippen LogP contribution in [0.5, 0.6) is 0 Å². The standard InChI is InChI=1S/C13H16F3NO3S/c1-10(2)9-20-7-6-17-21(18,19)12-5-3-4-11(8-12)13(14,15)16/h3-5,8,17H,1,6-7,9H2,2H3. The summed E-state index contributed by atoms with van der Waals surface area (Å²) in [5.74, 6) is 0. The molecule has 0 heterocycles. The quantitative estimate of drug-likeness (QED) is 0.620. The van der Waals surface area contributed by atoms with Crippen LogP contribution < -0.4 is 4.72 Å². The van der Waals surface area contributed by atoms with Gasteiger partial charge in [0.2, 0.25) is 10.0 Å². The SMILES string of the molecule is C=C(C)COCCNS(=O)(=O)c1cccc(C(F)(F)F)c1. The molecule has 0 aliphatic rings. The van der Waals surface area contributed by atoms with Crippen LogP contribution in [0.3, 0.4) is 0 Å². The third kappa shape index (κ3) is 5.86. The van der Waals surface area contributed by atoms with Crippen LogP contribution in [-0.4, -0.2) is 28.2 Å². The van der Waals surface area contributed by atoms with Crippen LogP contribution in [0.15, 0.2) is 41.3 Å². The Kier molecular flexibility index (Phi) is 5.94. The molecule has 0 unspecified atom stereocenters. The van der Waals surface area contributed by atoms with Gasteiger partial charge < -0.3 is 4.74 Å². The van der Waals surface area contributed by atoms with E-state index in [9.17, 15) is 21.6 Å². The molecule has 0 radical (unpaired) electrons. The first-order valence-electron chi connectivity index (χ1n) is 6.02. The maximum absolute atomic E-state index is 12.5. The fraction of sp³-hybridized carbons (Fsp3) is 0.385. The molecule has 0 aliphatic heterocycles. The number of hydrogen-bond donors (Lipinski definition) is 1. The minimum atomic E-state index is -4.59. The molecule has 21 heavy (non-hydrogen) atoms. The Bertz CT molecular complexity index is 597. The molecule has 1 aromatic carbocycles. The van der Waals surface area contributed by atoms with Crippen LogP contribution >= 0.6 is 0 Å². The molecule has 0 aliphatic carbocycles. The summed E-state index contributed by atoms with van der Waals surface area (Å²) in [6, 6.07) is 3.56. The largest absolute Gasteiger partial charge is 0.416 e. The number of alkyl halides is 3. The molecular formula is C13H16F3NO3S. The van der Waals surface area contributed by atoms with Crippen LogP contribution in [0.4, 0.5) is 13.2 Å². The number of benzene rings is 1. The Balaban J connectivity index is 2.68. The molecular weight excluding hydrogens is 307 g/mol. The van der Waals surface area contributed by atoms with Crippen LogP contribution in [-0.2, 0) is 20.9 Å². The lowest BCUT2D eigenvalue weighted by Crippen LogP contribution is -2.28. The molecule has 0 fully saturated rings. The first-order chi connectivity index (χ1) is 9.63. The summed E-state index contributed by atoms with van der Waals surface area (Å²) in [5, 5.41) is 0. The number of hydrogen-bond acceptors (Lipinski definition) is 3.